The van der Waals surface area contributed by atoms with E-state index < -0.39 is 11.9 Å². The highest BCUT2D eigenvalue weighted by atomic mass is 32.1. The molecule has 0 fully saturated rings. The predicted molar refractivity (Wildman–Crippen MR) is 92.3 cm³/mol. The zero-order valence-electron chi connectivity index (χ0n) is 13.7. The van der Waals surface area contributed by atoms with E-state index in [0.717, 1.165) is 29.7 Å². The van der Waals surface area contributed by atoms with E-state index in [1.807, 2.05) is 0 Å². The number of hydrogen-bond acceptors (Lipinski definition) is 5. The quantitative estimate of drug-likeness (QED) is 0.877. The van der Waals surface area contributed by atoms with Gasteiger partial charge in [-0.2, -0.15) is 0 Å². The molecule has 0 spiro atoms. The van der Waals surface area contributed by atoms with Crippen molar-refractivity contribution in [2.75, 3.05) is 6.54 Å². The smallest absolute Gasteiger partial charge is 0.321 e. The monoisotopic (exact) mass is 348 g/mol. The lowest BCUT2D eigenvalue weighted by Crippen LogP contribution is -2.42. The number of imide groups is 1. The summed E-state index contributed by atoms with van der Waals surface area (Å²) in [6.07, 6.45) is 4.30. The lowest BCUT2D eigenvalue weighted by atomic mass is 9.89. The third kappa shape index (κ3) is 3.19. The zero-order valence-corrected chi connectivity index (χ0v) is 14.5. The molecule has 24 heavy (non-hydrogen) atoms. The summed E-state index contributed by atoms with van der Waals surface area (Å²) in [4.78, 5) is 42.3. The van der Waals surface area contributed by atoms with Crippen LogP contribution in [0.5, 0.6) is 0 Å². The summed E-state index contributed by atoms with van der Waals surface area (Å²) in [6, 6.07) is -0.563. The van der Waals surface area contributed by atoms with E-state index in [2.05, 4.69) is 22.5 Å². The molecule has 0 unspecified atom stereocenters. The molecule has 1 aliphatic rings. The number of nitrogens with zero attached hydrogens (tertiary/aromatic N) is 2. The van der Waals surface area contributed by atoms with Crippen molar-refractivity contribution in [1.29, 1.82) is 0 Å². The molecule has 2 aromatic rings. The highest BCUT2D eigenvalue weighted by Gasteiger charge is 2.23. The van der Waals surface area contributed by atoms with E-state index in [9.17, 15) is 14.4 Å². The van der Waals surface area contributed by atoms with Gasteiger partial charge in [0.2, 0.25) is 5.91 Å². The van der Waals surface area contributed by atoms with Gasteiger partial charge in [-0.05, 0) is 37.7 Å². The first kappa shape index (κ1) is 16.6. The van der Waals surface area contributed by atoms with Crippen molar-refractivity contribution in [3.05, 3.63) is 27.1 Å². The predicted octanol–water partition coefficient (Wildman–Crippen LogP) is 1.43. The molecule has 0 radical (unpaired) electrons. The van der Waals surface area contributed by atoms with Gasteiger partial charge in [0.15, 0.2) is 0 Å². The fourth-order valence-electron chi connectivity index (χ4n) is 3.00. The molecule has 128 valence electrons. The average Bonchev–Trinajstić information content (AvgIpc) is 2.88. The fraction of sp³-hybridized carbons (Fsp3) is 0.500. The Hall–Kier alpha value is -2.22. The Kier molecular flexibility index (Phi) is 4.66. The normalized spacial score (nSPS) is 16.7. The maximum Gasteiger partial charge on any atom is 0.321 e. The molecular formula is C16H20N4O3S. The van der Waals surface area contributed by atoms with E-state index >= 15 is 0 Å². The number of rotatable bonds is 3. The Morgan fingerprint density at radius 3 is 3.00 bits per heavy atom. The number of carbonyl (C=O) groups excluding carboxylic acids is 2. The molecule has 8 heteroatoms. The maximum absolute atomic E-state index is 12.7. The van der Waals surface area contributed by atoms with Gasteiger partial charge in [-0.15, -0.1) is 11.3 Å². The Morgan fingerprint density at radius 1 is 1.46 bits per heavy atom. The molecule has 2 aromatic heterocycles. The highest BCUT2D eigenvalue weighted by Crippen LogP contribution is 2.35. The standard InChI is InChI=1S/C16H20N4O3S/c1-3-17-16(23)19-12(21)7-20-8-18-14-13(15(20)22)10-5-4-9(2)6-11(10)24-14/h8-9H,3-7H2,1-2H3,(H2,17,19,21,23)/t9-/m0/s1. The summed E-state index contributed by atoms with van der Waals surface area (Å²) in [5.41, 5.74) is 0.877. The van der Waals surface area contributed by atoms with E-state index in [-0.39, 0.29) is 12.1 Å². The summed E-state index contributed by atoms with van der Waals surface area (Å²) < 4.78 is 1.27. The van der Waals surface area contributed by atoms with Crippen molar-refractivity contribution in [3.63, 3.8) is 0 Å². The van der Waals surface area contributed by atoms with Crippen LogP contribution in [0.1, 0.15) is 30.7 Å². The number of carbonyl (C=O) groups is 2. The first-order chi connectivity index (χ1) is 11.5. The van der Waals surface area contributed by atoms with E-state index in [1.54, 1.807) is 18.3 Å². The van der Waals surface area contributed by atoms with Gasteiger partial charge in [0, 0.05) is 11.4 Å². The Morgan fingerprint density at radius 2 is 2.25 bits per heavy atom. The van der Waals surface area contributed by atoms with Gasteiger partial charge in [-0.3, -0.25) is 19.5 Å². The Bertz CT molecular complexity index is 855. The Labute approximate surface area is 143 Å². The largest absolute Gasteiger partial charge is 0.338 e. The summed E-state index contributed by atoms with van der Waals surface area (Å²) in [6.45, 7) is 4.17. The maximum atomic E-state index is 12.7. The summed E-state index contributed by atoms with van der Waals surface area (Å²) in [5.74, 6) is 0.0811. The van der Waals surface area contributed by atoms with Crippen LogP contribution in [-0.2, 0) is 24.2 Å². The second kappa shape index (κ2) is 6.72. The van der Waals surface area contributed by atoms with Crippen LogP contribution in [0.3, 0.4) is 0 Å². The van der Waals surface area contributed by atoms with Gasteiger partial charge >= 0.3 is 6.03 Å². The third-order valence-corrected chi connectivity index (χ3v) is 5.35. The molecule has 7 nitrogen and oxygen atoms in total. The molecule has 3 amide bonds. The minimum Gasteiger partial charge on any atom is -0.338 e. The lowest BCUT2D eigenvalue weighted by molar-refractivity contribution is -0.120. The second-order valence-electron chi connectivity index (χ2n) is 6.12. The van der Waals surface area contributed by atoms with Crippen LogP contribution in [0, 0.1) is 5.92 Å². The molecule has 0 aliphatic heterocycles. The van der Waals surface area contributed by atoms with E-state index in [4.69, 9.17) is 0 Å². The summed E-state index contributed by atoms with van der Waals surface area (Å²) >= 11 is 1.57. The van der Waals surface area contributed by atoms with Crippen LogP contribution >= 0.6 is 11.3 Å². The number of urea groups is 1. The molecule has 2 heterocycles. The fourth-order valence-corrected chi connectivity index (χ4v) is 4.35. The minimum absolute atomic E-state index is 0.210. The molecule has 0 saturated carbocycles. The van der Waals surface area contributed by atoms with Gasteiger partial charge in [-0.25, -0.2) is 9.78 Å². The number of fused-ring (bicyclic) bond motifs is 3. The van der Waals surface area contributed by atoms with Crippen molar-refractivity contribution in [2.24, 2.45) is 5.92 Å². The zero-order chi connectivity index (χ0) is 17.3. The molecule has 0 saturated heterocycles. The van der Waals surface area contributed by atoms with Crippen molar-refractivity contribution in [3.8, 4) is 0 Å². The minimum atomic E-state index is -0.563. The third-order valence-electron chi connectivity index (χ3n) is 4.19. The van der Waals surface area contributed by atoms with Gasteiger partial charge in [0.25, 0.3) is 5.56 Å². The summed E-state index contributed by atoms with van der Waals surface area (Å²) in [5, 5.41) is 5.30. The number of aryl methyl sites for hydroxylation is 1. The van der Waals surface area contributed by atoms with Crippen LogP contribution in [-0.4, -0.2) is 28.0 Å². The highest BCUT2D eigenvalue weighted by molar-refractivity contribution is 7.18. The number of thiophene rings is 1. The van der Waals surface area contributed by atoms with Crippen molar-refractivity contribution < 1.29 is 9.59 Å². The van der Waals surface area contributed by atoms with Crippen LogP contribution in [0.4, 0.5) is 4.79 Å². The van der Waals surface area contributed by atoms with Crippen molar-refractivity contribution in [2.45, 2.75) is 39.7 Å². The number of amides is 3. The number of hydrogen-bond donors (Lipinski definition) is 2. The number of aromatic nitrogens is 2. The van der Waals surface area contributed by atoms with Crippen LogP contribution in [0.2, 0.25) is 0 Å². The number of nitrogens with one attached hydrogen (secondary N) is 2. The van der Waals surface area contributed by atoms with Gasteiger partial charge < -0.3 is 5.32 Å². The van der Waals surface area contributed by atoms with Crippen LogP contribution in [0.25, 0.3) is 10.2 Å². The topological polar surface area (TPSA) is 93.1 Å². The molecule has 2 N–H and O–H groups in total. The van der Waals surface area contributed by atoms with E-state index in [1.165, 1.54) is 15.8 Å². The molecule has 3 rings (SSSR count). The van der Waals surface area contributed by atoms with Crippen LogP contribution in [0.15, 0.2) is 11.1 Å². The first-order valence-corrected chi connectivity index (χ1v) is 8.88. The van der Waals surface area contributed by atoms with Gasteiger partial charge in [-0.1, -0.05) is 6.92 Å². The average molecular weight is 348 g/mol. The van der Waals surface area contributed by atoms with Crippen molar-refractivity contribution in [1.82, 2.24) is 20.2 Å². The van der Waals surface area contributed by atoms with Crippen molar-refractivity contribution >= 4 is 33.5 Å². The molecule has 0 bridgehead atoms. The SMILES string of the molecule is CCNC(=O)NC(=O)Cn1cnc2sc3c(c2c1=O)CC[C@H](C)C3. The van der Waals surface area contributed by atoms with Gasteiger partial charge in [0.05, 0.1) is 11.7 Å². The second-order valence-corrected chi connectivity index (χ2v) is 7.20. The Balaban J connectivity index is 1.88. The molecule has 0 aromatic carbocycles. The first-order valence-electron chi connectivity index (χ1n) is 8.07. The van der Waals surface area contributed by atoms with Crippen LogP contribution < -0.4 is 16.2 Å². The molecular weight excluding hydrogens is 328 g/mol. The molecule has 1 atom stereocenters. The lowest BCUT2D eigenvalue weighted by Gasteiger charge is -2.17. The molecule has 1 aliphatic carbocycles. The van der Waals surface area contributed by atoms with E-state index in [0.29, 0.717) is 17.8 Å². The summed E-state index contributed by atoms with van der Waals surface area (Å²) in [7, 11) is 0. The van der Waals surface area contributed by atoms with Gasteiger partial charge in [0.1, 0.15) is 11.4 Å².